The van der Waals surface area contributed by atoms with Crippen LogP contribution >= 0.6 is 12.4 Å². The van der Waals surface area contributed by atoms with Gasteiger partial charge in [-0.3, -0.25) is 4.79 Å². The lowest BCUT2D eigenvalue weighted by Gasteiger charge is -2.32. The second-order valence-corrected chi connectivity index (χ2v) is 4.48. The number of nitrogens with zero attached hydrogens (tertiary/aromatic N) is 1. The molecule has 0 bridgehead atoms. The summed E-state index contributed by atoms with van der Waals surface area (Å²) in [6, 6.07) is 3.91. The monoisotopic (exact) mass is 290 g/mol. The van der Waals surface area contributed by atoms with Gasteiger partial charge in [0.2, 0.25) is 0 Å². The molecule has 19 heavy (non-hydrogen) atoms. The fourth-order valence-corrected chi connectivity index (χ4v) is 2.24. The Bertz CT molecular complexity index is 456. The number of nitrogens with one attached hydrogen (secondary N) is 1. The van der Waals surface area contributed by atoms with Crippen molar-refractivity contribution in [2.75, 3.05) is 20.1 Å². The molecule has 1 saturated heterocycles. The van der Waals surface area contributed by atoms with Gasteiger partial charge in [0.15, 0.2) is 11.6 Å². The van der Waals surface area contributed by atoms with Crippen molar-refractivity contribution in [1.82, 2.24) is 10.2 Å². The third kappa shape index (κ3) is 3.42. The number of carbonyl (C=O) groups is 1. The Kier molecular flexibility index (Phi) is 5.69. The van der Waals surface area contributed by atoms with Crippen LogP contribution in [-0.2, 0) is 0 Å². The highest BCUT2D eigenvalue weighted by Crippen LogP contribution is 2.17. The van der Waals surface area contributed by atoms with Crippen LogP contribution in [0, 0.1) is 11.6 Å². The molecule has 6 heteroatoms. The molecule has 1 amide bonds. The Morgan fingerprint density at radius 1 is 1.42 bits per heavy atom. The zero-order valence-electron chi connectivity index (χ0n) is 10.7. The lowest BCUT2D eigenvalue weighted by molar-refractivity contribution is 0.0692. The summed E-state index contributed by atoms with van der Waals surface area (Å²) in [7, 11) is 1.83. The van der Waals surface area contributed by atoms with Crippen molar-refractivity contribution in [2.45, 2.75) is 18.9 Å². The number of benzene rings is 1. The molecule has 0 aliphatic carbocycles. The van der Waals surface area contributed by atoms with Crippen LogP contribution in [-0.4, -0.2) is 37.0 Å². The standard InChI is InChI=1S/C13H16F2N2O.ClH/c1-16-9-4-3-7-17(8-9)13(18)10-5-2-6-11(14)12(10)15;/h2,5-6,9,16H,3-4,7-8H2,1H3;1H. The summed E-state index contributed by atoms with van der Waals surface area (Å²) in [5, 5.41) is 3.10. The number of hydrogen-bond acceptors (Lipinski definition) is 2. The van der Waals surface area contributed by atoms with Crippen molar-refractivity contribution in [3.8, 4) is 0 Å². The molecule has 1 aromatic rings. The molecule has 0 spiro atoms. The lowest BCUT2D eigenvalue weighted by Crippen LogP contribution is -2.47. The van der Waals surface area contributed by atoms with Gasteiger partial charge in [0, 0.05) is 19.1 Å². The van der Waals surface area contributed by atoms with E-state index < -0.39 is 17.5 Å². The highest BCUT2D eigenvalue weighted by molar-refractivity contribution is 5.94. The summed E-state index contributed by atoms with van der Waals surface area (Å²) in [4.78, 5) is 13.7. The van der Waals surface area contributed by atoms with Gasteiger partial charge in [-0.2, -0.15) is 0 Å². The largest absolute Gasteiger partial charge is 0.337 e. The van der Waals surface area contributed by atoms with Crippen molar-refractivity contribution < 1.29 is 13.6 Å². The molecule has 1 fully saturated rings. The van der Waals surface area contributed by atoms with Gasteiger partial charge in [-0.25, -0.2) is 8.78 Å². The first-order chi connectivity index (χ1) is 8.63. The van der Waals surface area contributed by atoms with Crippen LogP contribution in [0.2, 0.25) is 0 Å². The second kappa shape index (κ2) is 6.82. The Morgan fingerprint density at radius 3 is 2.84 bits per heavy atom. The number of hydrogen-bond donors (Lipinski definition) is 1. The van der Waals surface area contributed by atoms with E-state index in [1.807, 2.05) is 7.05 Å². The van der Waals surface area contributed by atoms with Crippen LogP contribution in [0.5, 0.6) is 0 Å². The van der Waals surface area contributed by atoms with Crippen LogP contribution in [0.15, 0.2) is 18.2 Å². The molecule has 106 valence electrons. The van der Waals surface area contributed by atoms with Crippen molar-refractivity contribution >= 4 is 18.3 Å². The quantitative estimate of drug-likeness (QED) is 0.906. The van der Waals surface area contributed by atoms with E-state index in [4.69, 9.17) is 0 Å². The fraction of sp³-hybridized carbons (Fsp3) is 0.462. The maximum Gasteiger partial charge on any atom is 0.256 e. The van der Waals surface area contributed by atoms with E-state index in [0.717, 1.165) is 18.9 Å². The van der Waals surface area contributed by atoms with Crippen molar-refractivity contribution in [3.05, 3.63) is 35.4 Å². The number of piperidine rings is 1. The Morgan fingerprint density at radius 2 is 2.16 bits per heavy atom. The molecule has 1 N–H and O–H groups in total. The SMILES string of the molecule is CNC1CCCN(C(=O)c2cccc(F)c2F)C1.Cl. The van der Waals surface area contributed by atoms with Gasteiger partial charge >= 0.3 is 0 Å². The van der Waals surface area contributed by atoms with Gasteiger partial charge in [-0.1, -0.05) is 6.07 Å². The van der Waals surface area contributed by atoms with Gasteiger partial charge in [-0.05, 0) is 32.0 Å². The minimum atomic E-state index is -1.06. The number of halogens is 3. The summed E-state index contributed by atoms with van der Waals surface area (Å²) in [5.41, 5.74) is -0.188. The Balaban J connectivity index is 0.00000180. The van der Waals surface area contributed by atoms with E-state index in [2.05, 4.69) is 5.32 Å². The van der Waals surface area contributed by atoms with Gasteiger partial charge in [0.25, 0.3) is 5.91 Å². The highest BCUT2D eigenvalue weighted by Gasteiger charge is 2.26. The smallest absolute Gasteiger partial charge is 0.256 e. The highest BCUT2D eigenvalue weighted by atomic mass is 35.5. The van der Waals surface area contributed by atoms with Gasteiger partial charge < -0.3 is 10.2 Å². The van der Waals surface area contributed by atoms with Gasteiger partial charge in [-0.15, -0.1) is 12.4 Å². The average Bonchev–Trinajstić information content (AvgIpc) is 2.41. The first-order valence-electron chi connectivity index (χ1n) is 6.04. The summed E-state index contributed by atoms with van der Waals surface area (Å²) >= 11 is 0. The molecule has 2 rings (SSSR count). The fourth-order valence-electron chi connectivity index (χ4n) is 2.24. The van der Waals surface area contributed by atoms with Gasteiger partial charge in [0.1, 0.15) is 0 Å². The van der Waals surface area contributed by atoms with E-state index in [9.17, 15) is 13.6 Å². The number of carbonyl (C=O) groups excluding carboxylic acids is 1. The van der Waals surface area contributed by atoms with Crippen LogP contribution in [0.4, 0.5) is 8.78 Å². The minimum absolute atomic E-state index is 0. The molecule has 1 aliphatic rings. The van der Waals surface area contributed by atoms with Crippen molar-refractivity contribution in [2.24, 2.45) is 0 Å². The van der Waals surface area contributed by atoms with Crippen LogP contribution in [0.1, 0.15) is 23.2 Å². The summed E-state index contributed by atoms with van der Waals surface area (Å²) in [5.74, 6) is -2.48. The number of likely N-dealkylation sites (N-methyl/N-ethyl adjacent to an activating group) is 1. The predicted octanol–water partition coefficient (Wildman–Crippen LogP) is 2.21. The third-order valence-electron chi connectivity index (χ3n) is 3.30. The first kappa shape index (κ1) is 15.9. The van der Waals surface area contributed by atoms with Crippen LogP contribution in [0.3, 0.4) is 0 Å². The topological polar surface area (TPSA) is 32.3 Å². The molecule has 1 aliphatic heterocycles. The van der Waals surface area contributed by atoms with E-state index >= 15 is 0 Å². The summed E-state index contributed by atoms with van der Waals surface area (Å²) in [6.07, 6.45) is 1.86. The van der Waals surface area contributed by atoms with Crippen LogP contribution in [0.25, 0.3) is 0 Å². The van der Waals surface area contributed by atoms with Crippen LogP contribution < -0.4 is 5.32 Å². The zero-order chi connectivity index (χ0) is 13.1. The molecule has 0 radical (unpaired) electrons. The average molecular weight is 291 g/mol. The summed E-state index contributed by atoms with van der Waals surface area (Å²) in [6.45, 7) is 1.12. The molecule has 1 unspecified atom stereocenters. The number of likely N-dealkylation sites (tertiary alicyclic amines) is 1. The number of rotatable bonds is 2. The zero-order valence-corrected chi connectivity index (χ0v) is 11.5. The predicted molar refractivity (Wildman–Crippen MR) is 71.6 cm³/mol. The van der Waals surface area contributed by atoms with E-state index in [1.165, 1.54) is 12.1 Å². The first-order valence-corrected chi connectivity index (χ1v) is 6.04. The Labute approximate surface area is 117 Å². The molecule has 3 nitrogen and oxygen atoms in total. The molecule has 0 saturated carbocycles. The van der Waals surface area contributed by atoms with Crippen molar-refractivity contribution in [1.29, 1.82) is 0 Å². The van der Waals surface area contributed by atoms with Crippen molar-refractivity contribution in [3.63, 3.8) is 0 Å². The lowest BCUT2D eigenvalue weighted by atomic mass is 10.0. The molecule has 1 heterocycles. The molecule has 1 atom stereocenters. The maximum absolute atomic E-state index is 13.5. The normalized spacial score (nSPS) is 18.9. The molecule has 0 aromatic heterocycles. The third-order valence-corrected chi connectivity index (χ3v) is 3.30. The summed E-state index contributed by atoms with van der Waals surface area (Å²) < 4.78 is 26.6. The maximum atomic E-state index is 13.5. The van der Waals surface area contributed by atoms with E-state index in [-0.39, 0.29) is 24.0 Å². The second-order valence-electron chi connectivity index (χ2n) is 4.48. The number of amides is 1. The molecular formula is C13H17ClF2N2O. The Hall–Kier alpha value is -1.20. The molecular weight excluding hydrogens is 274 g/mol. The van der Waals surface area contributed by atoms with Gasteiger partial charge in [0.05, 0.1) is 5.56 Å². The van der Waals surface area contributed by atoms with E-state index in [1.54, 1.807) is 4.90 Å². The minimum Gasteiger partial charge on any atom is -0.337 e. The van der Waals surface area contributed by atoms with E-state index in [0.29, 0.717) is 13.1 Å². The molecule has 1 aromatic carbocycles.